The van der Waals surface area contributed by atoms with Gasteiger partial charge in [-0.05, 0) is 54.9 Å². The van der Waals surface area contributed by atoms with Crippen molar-refractivity contribution in [2.45, 2.75) is 38.3 Å². The lowest BCUT2D eigenvalue weighted by Gasteiger charge is -2.36. The molecule has 0 radical (unpaired) electrons. The van der Waals surface area contributed by atoms with Crippen LogP contribution in [0, 0.1) is 5.92 Å². The summed E-state index contributed by atoms with van der Waals surface area (Å²) in [4.78, 5) is 9.91. The maximum atomic E-state index is 11.2. The summed E-state index contributed by atoms with van der Waals surface area (Å²) in [6, 6.07) is 12.8. The summed E-state index contributed by atoms with van der Waals surface area (Å²) in [5.74, 6) is 0.343. The van der Waals surface area contributed by atoms with Crippen LogP contribution in [0.3, 0.4) is 0 Å². The number of aromatic nitrogens is 3. The second kappa shape index (κ2) is 7.56. The van der Waals surface area contributed by atoms with Gasteiger partial charge in [-0.15, -0.1) is 0 Å². The zero-order valence-corrected chi connectivity index (χ0v) is 16.8. The van der Waals surface area contributed by atoms with Gasteiger partial charge in [-0.3, -0.25) is 0 Å². The zero-order valence-electron chi connectivity index (χ0n) is 16.8. The van der Waals surface area contributed by atoms with E-state index in [-0.39, 0.29) is 12.1 Å². The molecule has 0 spiro atoms. The van der Waals surface area contributed by atoms with Gasteiger partial charge in [-0.25, -0.2) is 4.98 Å². The van der Waals surface area contributed by atoms with Crippen molar-refractivity contribution in [1.29, 1.82) is 0 Å². The molecule has 150 valence electrons. The number of aromatic amines is 1. The van der Waals surface area contributed by atoms with Crippen LogP contribution in [0.1, 0.15) is 43.5 Å². The van der Waals surface area contributed by atoms with Crippen LogP contribution < -0.4 is 4.90 Å². The third-order valence-electron chi connectivity index (χ3n) is 6.70. The highest BCUT2D eigenvalue weighted by Gasteiger charge is 2.34. The van der Waals surface area contributed by atoms with Crippen LogP contribution in [0.15, 0.2) is 61.3 Å². The number of imidazole rings is 1. The van der Waals surface area contributed by atoms with E-state index in [1.165, 1.54) is 28.1 Å². The van der Waals surface area contributed by atoms with Gasteiger partial charge in [0.15, 0.2) is 0 Å². The Hall–Kier alpha value is -2.79. The smallest absolute Gasteiger partial charge is 0.0956 e. The molecule has 5 nitrogen and oxygen atoms in total. The molecule has 29 heavy (non-hydrogen) atoms. The summed E-state index contributed by atoms with van der Waals surface area (Å²) in [7, 11) is 0. The SMILES string of the molecule is CC1=C(c2ccccc2)C(CC(O)C2CCN(c3cc[nH]c3)CC2)n2cncc21. The number of H-pyrrole nitrogens is 1. The molecule has 2 aliphatic heterocycles. The number of nitrogens with zero attached hydrogens (tertiary/aromatic N) is 3. The third kappa shape index (κ3) is 3.29. The van der Waals surface area contributed by atoms with Crippen molar-refractivity contribution in [1.82, 2.24) is 14.5 Å². The molecule has 2 unspecified atom stereocenters. The normalized spacial score (nSPS) is 20.9. The standard InChI is InChI=1S/C24H28N4O/c1-17-22-15-26-16-28(22)21(24(17)19-5-3-2-4-6-19)13-23(29)18-8-11-27(12-9-18)20-7-10-25-14-20/h2-7,10,14-16,18,21,23,25,29H,8-9,11-13H2,1H3. The van der Waals surface area contributed by atoms with Crippen molar-refractivity contribution in [3.05, 3.63) is 72.6 Å². The number of hydrogen-bond donors (Lipinski definition) is 2. The van der Waals surface area contributed by atoms with Crippen LogP contribution in [-0.2, 0) is 0 Å². The van der Waals surface area contributed by atoms with Gasteiger partial charge in [0.25, 0.3) is 0 Å². The Morgan fingerprint density at radius 1 is 1.17 bits per heavy atom. The first-order valence-corrected chi connectivity index (χ1v) is 10.6. The first-order chi connectivity index (χ1) is 14.2. The third-order valence-corrected chi connectivity index (χ3v) is 6.70. The minimum absolute atomic E-state index is 0.146. The largest absolute Gasteiger partial charge is 0.393 e. The van der Waals surface area contributed by atoms with Crippen molar-refractivity contribution in [3.63, 3.8) is 0 Å². The summed E-state index contributed by atoms with van der Waals surface area (Å²) in [5, 5.41) is 11.2. The predicted octanol–water partition coefficient (Wildman–Crippen LogP) is 4.36. The van der Waals surface area contributed by atoms with Gasteiger partial charge in [0.2, 0.25) is 0 Å². The minimum Gasteiger partial charge on any atom is -0.393 e. The van der Waals surface area contributed by atoms with Crippen LogP contribution >= 0.6 is 0 Å². The van der Waals surface area contributed by atoms with Crippen LogP contribution in [0.4, 0.5) is 5.69 Å². The van der Waals surface area contributed by atoms with Gasteiger partial charge in [-0.2, -0.15) is 0 Å². The Labute approximate surface area is 171 Å². The van der Waals surface area contributed by atoms with E-state index in [4.69, 9.17) is 0 Å². The highest BCUT2D eigenvalue weighted by molar-refractivity contribution is 5.93. The Kier molecular flexibility index (Phi) is 4.76. The number of fused-ring (bicyclic) bond motifs is 1. The second-order valence-electron chi connectivity index (χ2n) is 8.30. The van der Waals surface area contributed by atoms with Crippen molar-refractivity contribution < 1.29 is 5.11 Å². The van der Waals surface area contributed by atoms with E-state index in [2.05, 4.69) is 69.0 Å². The van der Waals surface area contributed by atoms with E-state index < -0.39 is 0 Å². The first kappa shape index (κ1) is 18.3. The fraction of sp³-hybridized carbons (Fsp3) is 0.375. The van der Waals surface area contributed by atoms with Crippen LogP contribution in [-0.4, -0.2) is 38.8 Å². The molecule has 1 saturated heterocycles. The van der Waals surface area contributed by atoms with Crippen molar-refractivity contribution in [2.24, 2.45) is 5.92 Å². The maximum absolute atomic E-state index is 11.2. The van der Waals surface area contributed by atoms with Gasteiger partial charge in [-0.1, -0.05) is 30.3 Å². The Balaban J connectivity index is 1.33. The van der Waals surface area contributed by atoms with Gasteiger partial charge in [0.05, 0.1) is 36.1 Å². The predicted molar refractivity (Wildman–Crippen MR) is 117 cm³/mol. The Bertz CT molecular complexity index is 981. The minimum atomic E-state index is -0.312. The molecule has 3 aromatic rings. The zero-order chi connectivity index (χ0) is 19.8. The van der Waals surface area contributed by atoms with E-state index in [9.17, 15) is 5.11 Å². The number of aliphatic hydroxyl groups is 1. The molecular formula is C24H28N4O. The Morgan fingerprint density at radius 3 is 2.69 bits per heavy atom. The van der Waals surface area contributed by atoms with E-state index in [0.29, 0.717) is 5.92 Å². The monoisotopic (exact) mass is 388 g/mol. The molecule has 0 amide bonds. The van der Waals surface area contributed by atoms with Crippen LogP contribution in [0.25, 0.3) is 11.1 Å². The van der Waals surface area contributed by atoms with Gasteiger partial charge < -0.3 is 19.6 Å². The van der Waals surface area contributed by atoms with Crippen molar-refractivity contribution in [2.75, 3.05) is 18.0 Å². The molecule has 2 atom stereocenters. The van der Waals surface area contributed by atoms with E-state index in [1.807, 2.05) is 18.7 Å². The molecule has 1 aromatic carbocycles. The fourth-order valence-corrected chi connectivity index (χ4v) is 5.10. The summed E-state index contributed by atoms with van der Waals surface area (Å²) in [6.45, 7) is 4.18. The average Bonchev–Trinajstić information content (AvgIpc) is 3.49. The number of nitrogens with one attached hydrogen (secondary N) is 1. The van der Waals surface area contributed by atoms with Crippen molar-refractivity contribution in [3.8, 4) is 0 Å². The Morgan fingerprint density at radius 2 is 1.97 bits per heavy atom. The molecule has 4 heterocycles. The summed E-state index contributed by atoms with van der Waals surface area (Å²) < 4.78 is 2.25. The molecule has 5 heteroatoms. The summed E-state index contributed by atoms with van der Waals surface area (Å²) >= 11 is 0. The average molecular weight is 389 g/mol. The number of allylic oxidation sites excluding steroid dienone is 2. The number of benzene rings is 1. The highest BCUT2D eigenvalue weighted by atomic mass is 16.3. The van der Waals surface area contributed by atoms with Crippen molar-refractivity contribution >= 4 is 16.8 Å². The molecule has 0 saturated carbocycles. The summed E-state index contributed by atoms with van der Waals surface area (Å²) in [6.07, 6.45) is 10.4. The highest BCUT2D eigenvalue weighted by Crippen LogP contribution is 2.45. The number of piperidine rings is 1. The first-order valence-electron chi connectivity index (χ1n) is 10.6. The molecule has 2 N–H and O–H groups in total. The van der Waals surface area contributed by atoms with E-state index in [1.54, 1.807) is 0 Å². The van der Waals surface area contributed by atoms with E-state index in [0.717, 1.165) is 32.4 Å². The fourth-order valence-electron chi connectivity index (χ4n) is 5.10. The molecule has 2 aromatic heterocycles. The lowest BCUT2D eigenvalue weighted by molar-refractivity contribution is 0.0770. The molecular weight excluding hydrogens is 360 g/mol. The van der Waals surface area contributed by atoms with E-state index >= 15 is 0 Å². The molecule has 1 fully saturated rings. The molecule has 0 aliphatic carbocycles. The van der Waals surface area contributed by atoms with Crippen LogP contribution in [0.2, 0.25) is 0 Å². The number of rotatable bonds is 5. The molecule has 2 aliphatic rings. The maximum Gasteiger partial charge on any atom is 0.0956 e. The number of aliphatic hydroxyl groups excluding tert-OH is 1. The topological polar surface area (TPSA) is 57.1 Å². The lowest BCUT2D eigenvalue weighted by atomic mass is 9.85. The van der Waals surface area contributed by atoms with Crippen LogP contribution in [0.5, 0.6) is 0 Å². The lowest BCUT2D eigenvalue weighted by Crippen LogP contribution is -2.38. The number of hydrogen-bond acceptors (Lipinski definition) is 3. The number of anilines is 1. The quantitative estimate of drug-likeness (QED) is 0.683. The van der Waals surface area contributed by atoms with Gasteiger partial charge in [0.1, 0.15) is 0 Å². The van der Waals surface area contributed by atoms with Gasteiger partial charge >= 0.3 is 0 Å². The second-order valence-corrected chi connectivity index (χ2v) is 8.30. The molecule has 5 rings (SSSR count). The van der Waals surface area contributed by atoms with Gasteiger partial charge in [0, 0.05) is 25.5 Å². The summed E-state index contributed by atoms with van der Waals surface area (Å²) in [5.41, 5.74) is 6.26. The molecule has 0 bridgehead atoms.